The number of carbonyl (C=O) groups excluding carboxylic acids is 1. The van der Waals surface area contributed by atoms with Crippen LogP contribution in [0, 0.1) is 0 Å². The van der Waals surface area contributed by atoms with E-state index in [1.165, 1.54) is 30.3 Å². The summed E-state index contributed by atoms with van der Waals surface area (Å²) >= 11 is 9.29. The zero-order valence-electron chi connectivity index (χ0n) is 17.9. The monoisotopic (exact) mass is 563 g/mol. The number of anilines is 1. The summed E-state index contributed by atoms with van der Waals surface area (Å²) in [6, 6.07) is 15.9. The molecule has 0 aliphatic heterocycles. The number of pyridine rings is 1. The number of aromatic nitrogens is 2. The molecule has 0 fully saturated rings. The average molecular weight is 565 g/mol. The SMILES string of the molecule is CCOC(=O)CNc1c(-c2cccc(OS(=O)(=O)c3ccc(Cl)cc3)c2)nc2ccc(Br)cn12. The Morgan fingerprint density at radius 2 is 1.91 bits per heavy atom. The maximum atomic E-state index is 12.7. The first-order chi connectivity index (χ1) is 16.3. The number of rotatable bonds is 8. The standard InChI is InChI=1S/C23H19BrClN3O5S/c1-2-32-21(29)13-26-23-22(27-20-11-6-16(24)14-28(20)23)15-4-3-5-18(12-15)33-34(30,31)19-9-7-17(25)8-10-19/h3-12,14,26H,2,13H2,1H3. The molecule has 2 aromatic heterocycles. The summed E-state index contributed by atoms with van der Waals surface area (Å²) in [7, 11) is -4.06. The number of halogens is 2. The Morgan fingerprint density at radius 3 is 2.65 bits per heavy atom. The molecule has 4 rings (SSSR count). The van der Waals surface area contributed by atoms with Crippen LogP contribution in [0.3, 0.4) is 0 Å². The number of benzene rings is 2. The van der Waals surface area contributed by atoms with Crippen molar-refractivity contribution in [3.8, 4) is 17.0 Å². The summed E-state index contributed by atoms with van der Waals surface area (Å²) in [6.07, 6.45) is 1.81. The number of imidazole rings is 1. The van der Waals surface area contributed by atoms with E-state index in [-0.39, 0.29) is 23.8 Å². The van der Waals surface area contributed by atoms with Gasteiger partial charge in [0.25, 0.3) is 0 Å². The van der Waals surface area contributed by atoms with Gasteiger partial charge >= 0.3 is 16.1 Å². The number of carbonyl (C=O) groups is 1. The minimum Gasteiger partial charge on any atom is -0.465 e. The van der Waals surface area contributed by atoms with Crippen LogP contribution in [0.1, 0.15) is 6.92 Å². The van der Waals surface area contributed by atoms with Gasteiger partial charge in [-0.2, -0.15) is 8.42 Å². The zero-order chi connectivity index (χ0) is 24.3. The molecule has 4 aromatic rings. The molecule has 176 valence electrons. The average Bonchev–Trinajstić information content (AvgIpc) is 3.16. The fourth-order valence-corrected chi connectivity index (χ4v) is 4.61. The third-order valence-corrected chi connectivity index (χ3v) is 6.69. The minimum absolute atomic E-state index is 0.0170. The van der Waals surface area contributed by atoms with Crippen LogP contribution >= 0.6 is 27.5 Å². The smallest absolute Gasteiger partial charge is 0.339 e. The van der Waals surface area contributed by atoms with Crippen LogP contribution in [-0.4, -0.2) is 36.9 Å². The summed E-state index contributed by atoms with van der Waals surface area (Å²) < 4.78 is 38.3. The molecule has 1 N–H and O–H groups in total. The molecule has 34 heavy (non-hydrogen) atoms. The number of hydrogen-bond acceptors (Lipinski definition) is 7. The molecular formula is C23H19BrClN3O5S. The van der Waals surface area contributed by atoms with Gasteiger partial charge < -0.3 is 14.2 Å². The lowest BCUT2D eigenvalue weighted by Crippen LogP contribution is -2.17. The summed E-state index contributed by atoms with van der Waals surface area (Å²) in [5.41, 5.74) is 1.73. The van der Waals surface area contributed by atoms with Crippen molar-refractivity contribution in [3.63, 3.8) is 0 Å². The van der Waals surface area contributed by atoms with Crippen LogP contribution in [0.4, 0.5) is 5.82 Å². The van der Waals surface area contributed by atoms with E-state index in [9.17, 15) is 13.2 Å². The fraction of sp³-hybridized carbons (Fsp3) is 0.130. The summed E-state index contributed by atoms with van der Waals surface area (Å²) in [5, 5.41) is 3.50. The molecule has 8 nitrogen and oxygen atoms in total. The maximum absolute atomic E-state index is 12.7. The normalized spacial score (nSPS) is 11.4. The van der Waals surface area contributed by atoms with E-state index in [0.29, 0.717) is 27.7 Å². The van der Waals surface area contributed by atoms with Gasteiger partial charge in [-0.25, -0.2) is 4.98 Å². The molecule has 2 aromatic carbocycles. The molecule has 0 radical (unpaired) electrons. The third-order valence-electron chi connectivity index (χ3n) is 4.70. The fourth-order valence-electron chi connectivity index (χ4n) is 3.23. The molecule has 0 saturated carbocycles. The molecule has 0 amide bonds. The topological polar surface area (TPSA) is 99.0 Å². The molecule has 0 atom stereocenters. The lowest BCUT2D eigenvalue weighted by atomic mass is 10.1. The summed E-state index contributed by atoms with van der Waals surface area (Å²) in [6.45, 7) is 1.94. The Hall–Kier alpha value is -3.08. The van der Waals surface area contributed by atoms with Crippen molar-refractivity contribution in [3.05, 3.63) is 76.4 Å². The van der Waals surface area contributed by atoms with Gasteiger partial charge in [0, 0.05) is 21.3 Å². The number of nitrogens with one attached hydrogen (secondary N) is 1. The van der Waals surface area contributed by atoms with Gasteiger partial charge in [0.15, 0.2) is 0 Å². The molecule has 0 aliphatic rings. The summed E-state index contributed by atoms with van der Waals surface area (Å²) in [4.78, 5) is 16.6. The molecule has 11 heteroatoms. The maximum Gasteiger partial charge on any atom is 0.339 e. The Balaban J connectivity index is 1.70. The number of esters is 1. The Morgan fingerprint density at radius 1 is 1.15 bits per heavy atom. The van der Waals surface area contributed by atoms with Crippen LogP contribution in [0.2, 0.25) is 5.02 Å². The van der Waals surface area contributed by atoms with Crippen molar-refractivity contribution in [2.45, 2.75) is 11.8 Å². The van der Waals surface area contributed by atoms with E-state index in [4.69, 9.17) is 20.5 Å². The highest BCUT2D eigenvalue weighted by atomic mass is 79.9. The molecular weight excluding hydrogens is 546 g/mol. The van der Waals surface area contributed by atoms with Gasteiger partial charge in [0.1, 0.15) is 34.3 Å². The van der Waals surface area contributed by atoms with Crippen LogP contribution < -0.4 is 9.50 Å². The second-order valence-corrected chi connectivity index (χ2v) is 9.96. The molecule has 2 heterocycles. The largest absolute Gasteiger partial charge is 0.465 e. The van der Waals surface area contributed by atoms with E-state index in [0.717, 1.165) is 4.47 Å². The predicted molar refractivity (Wildman–Crippen MR) is 133 cm³/mol. The quantitative estimate of drug-likeness (QED) is 0.233. The first-order valence-corrected chi connectivity index (χ1v) is 12.7. The number of hydrogen-bond donors (Lipinski definition) is 1. The van der Waals surface area contributed by atoms with Gasteiger partial charge in [-0.15, -0.1) is 0 Å². The molecule has 0 aliphatic carbocycles. The lowest BCUT2D eigenvalue weighted by molar-refractivity contribution is -0.140. The van der Waals surface area contributed by atoms with Crippen molar-refractivity contribution in [1.82, 2.24) is 9.38 Å². The molecule has 0 unspecified atom stereocenters. The van der Waals surface area contributed by atoms with Crippen LogP contribution in [-0.2, 0) is 19.6 Å². The Kier molecular flexibility index (Phi) is 7.11. The second-order valence-electron chi connectivity index (χ2n) is 7.06. The minimum atomic E-state index is -4.06. The van der Waals surface area contributed by atoms with Gasteiger partial charge in [0.05, 0.1) is 6.61 Å². The highest BCUT2D eigenvalue weighted by Gasteiger charge is 2.19. The van der Waals surface area contributed by atoms with E-state index >= 15 is 0 Å². The zero-order valence-corrected chi connectivity index (χ0v) is 21.0. The van der Waals surface area contributed by atoms with E-state index < -0.39 is 16.1 Å². The highest BCUT2D eigenvalue weighted by molar-refractivity contribution is 9.10. The lowest BCUT2D eigenvalue weighted by Gasteiger charge is -2.10. The van der Waals surface area contributed by atoms with Gasteiger partial charge in [0.2, 0.25) is 0 Å². The first-order valence-electron chi connectivity index (χ1n) is 10.1. The van der Waals surface area contributed by atoms with Gasteiger partial charge in [-0.05, 0) is 71.4 Å². The molecule has 0 bridgehead atoms. The predicted octanol–water partition coefficient (Wildman–Crippen LogP) is 5.16. The van der Waals surface area contributed by atoms with Gasteiger partial charge in [-0.3, -0.25) is 9.20 Å². The van der Waals surface area contributed by atoms with Gasteiger partial charge in [-0.1, -0.05) is 23.7 Å². The van der Waals surface area contributed by atoms with E-state index in [1.807, 2.05) is 18.3 Å². The Bertz CT molecular complexity index is 1460. The Labute approximate surface area is 209 Å². The van der Waals surface area contributed by atoms with Crippen LogP contribution in [0.25, 0.3) is 16.9 Å². The van der Waals surface area contributed by atoms with Crippen LogP contribution in [0.5, 0.6) is 5.75 Å². The number of fused-ring (bicyclic) bond motifs is 1. The highest BCUT2D eigenvalue weighted by Crippen LogP contribution is 2.32. The van der Waals surface area contributed by atoms with Crippen LogP contribution in [0.15, 0.2) is 76.2 Å². The molecule has 0 spiro atoms. The van der Waals surface area contributed by atoms with E-state index in [2.05, 4.69) is 26.2 Å². The van der Waals surface area contributed by atoms with Crippen molar-refractivity contribution in [1.29, 1.82) is 0 Å². The van der Waals surface area contributed by atoms with E-state index in [1.54, 1.807) is 29.5 Å². The number of nitrogens with zero attached hydrogens (tertiary/aromatic N) is 2. The van der Waals surface area contributed by atoms with Crippen molar-refractivity contribution in [2.24, 2.45) is 0 Å². The second kappa shape index (κ2) is 10.0. The summed E-state index contributed by atoms with van der Waals surface area (Å²) in [5.74, 6) is 0.244. The third kappa shape index (κ3) is 5.35. The first kappa shape index (κ1) is 24.1. The molecule has 0 saturated heterocycles. The van der Waals surface area contributed by atoms with Crippen molar-refractivity contribution >= 4 is 55.1 Å². The number of ether oxygens (including phenoxy) is 1. The van der Waals surface area contributed by atoms with Crippen molar-refractivity contribution in [2.75, 3.05) is 18.5 Å². The van der Waals surface area contributed by atoms with Crippen molar-refractivity contribution < 1.29 is 22.1 Å².